The van der Waals surface area contributed by atoms with Crippen molar-refractivity contribution in [3.8, 4) is 0 Å². The Morgan fingerprint density at radius 3 is 2.21 bits per heavy atom. The van der Waals surface area contributed by atoms with Crippen molar-refractivity contribution in [3.05, 3.63) is 35.9 Å². The van der Waals surface area contributed by atoms with E-state index in [2.05, 4.69) is 0 Å². The van der Waals surface area contributed by atoms with Crippen LogP contribution in [0.2, 0.25) is 0 Å². The van der Waals surface area contributed by atoms with Crippen LogP contribution in [0.5, 0.6) is 0 Å². The zero-order valence-corrected chi connectivity index (χ0v) is 11.0. The third kappa shape index (κ3) is 6.56. The van der Waals surface area contributed by atoms with Crippen LogP contribution in [0, 0.1) is 0 Å². The minimum atomic E-state index is -4.04. The number of rotatable bonds is 4. The zero-order valence-electron chi connectivity index (χ0n) is 8.14. The Bertz CT molecular complexity index is 348. The molecule has 0 N–H and O–H groups in total. The molecular weight excluding hydrogens is 211 g/mol. The molecule has 0 aliphatic rings. The molecule has 5 heteroatoms. The monoisotopic (exact) mass is 222 g/mol. The van der Waals surface area contributed by atoms with Crippen LogP contribution in [0.4, 0.5) is 0 Å². The first-order valence-corrected chi connectivity index (χ1v) is 5.63. The van der Waals surface area contributed by atoms with Crippen LogP contribution in [-0.4, -0.2) is 18.7 Å². The van der Waals surface area contributed by atoms with E-state index in [-0.39, 0.29) is 35.3 Å². The van der Waals surface area contributed by atoms with E-state index in [1.165, 1.54) is 0 Å². The number of benzene rings is 1. The minimum absolute atomic E-state index is 0. The fraction of sp³-hybridized carbons (Fsp3) is 0.333. The third-order valence-corrected chi connectivity index (χ3v) is 2.49. The summed E-state index contributed by atoms with van der Waals surface area (Å²) in [7, 11) is -4.04. The van der Waals surface area contributed by atoms with Crippen molar-refractivity contribution in [2.75, 3.05) is 5.75 Å². The zero-order chi connectivity index (χ0) is 9.73. The van der Waals surface area contributed by atoms with Crippen molar-refractivity contribution < 1.29 is 42.5 Å². The molecule has 1 rings (SSSR count). The predicted molar refractivity (Wildman–Crippen MR) is 49.3 cm³/mol. The van der Waals surface area contributed by atoms with E-state index < -0.39 is 10.1 Å². The maximum absolute atomic E-state index is 10.3. The molecule has 0 saturated heterocycles. The van der Waals surface area contributed by atoms with Crippen LogP contribution in [0.15, 0.2) is 30.3 Å². The second-order valence-electron chi connectivity index (χ2n) is 2.85. The maximum Gasteiger partial charge on any atom is 1.00 e. The van der Waals surface area contributed by atoms with Gasteiger partial charge in [0.25, 0.3) is 0 Å². The summed E-state index contributed by atoms with van der Waals surface area (Å²) in [5, 5.41) is 0. The first kappa shape index (κ1) is 14.1. The van der Waals surface area contributed by atoms with Gasteiger partial charge in [0.05, 0.1) is 10.1 Å². The Kier molecular flexibility index (Phi) is 6.64. The molecule has 0 heterocycles. The van der Waals surface area contributed by atoms with Crippen molar-refractivity contribution in [1.82, 2.24) is 0 Å². The summed E-state index contributed by atoms with van der Waals surface area (Å²) in [6.45, 7) is 0. The number of aryl methyl sites for hydroxylation is 1. The van der Waals surface area contributed by atoms with Gasteiger partial charge in [0, 0.05) is 5.75 Å². The van der Waals surface area contributed by atoms with Crippen LogP contribution in [0.1, 0.15) is 12.0 Å². The van der Waals surface area contributed by atoms with E-state index in [0.717, 1.165) is 5.56 Å². The molecule has 0 bridgehead atoms. The third-order valence-electron chi connectivity index (χ3n) is 1.70. The van der Waals surface area contributed by atoms with Crippen molar-refractivity contribution in [3.63, 3.8) is 0 Å². The normalized spacial score (nSPS) is 10.6. The summed E-state index contributed by atoms with van der Waals surface area (Å²) >= 11 is 0. The molecule has 14 heavy (non-hydrogen) atoms. The van der Waals surface area contributed by atoms with Gasteiger partial charge < -0.3 is 4.55 Å². The molecule has 0 saturated carbocycles. The minimum Gasteiger partial charge on any atom is -0.748 e. The molecule has 1 aromatic carbocycles. The van der Waals surface area contributed by atoms with Crippen molar-refractivity contribution in [1.29, 1.82) is 0 Å². The molecule has 1 aromatic rings. The molecule has 0 radical (unpaired) electrons. The van der Waals surface area contributed by atoms with E-state index in [1.807, 2.05) is 30.3 Å². The van der Waals surface area contributed by atoms with Crippen molar-refractivity contribution in [2.24, 2.45) is 0 Å². The summed E-state index contributed by atoms with van der Waals surface area (Å²) < 4.78 is 30.8. The van der Waals surface area contributed by atoms with Crippen LogP contribution >= 0.6 is 0 Å². The molecule has 0 amide bonds. The largest absolute Gasteiger partial charge is 1.00 e. The van der Waals surface area contributed by atoms with Gasteiger partial charge in [-0.1, -0.05) is 30.3 Å². The number of hydrogen-bond donors (Lipinski definition) is 0. The van der Waals surface area contributed by atoms with E-state index in [4.69, 9.17) is 0 Å². The Hall–Kier alpha value is 0.130. The average Bonchev–Trinajstić information content (AvgIpc) is 2.04. The Balaban J connectivity index is 0.00000169. The smallest absolute Gasteiger partial charge is 0.748 e. The summed E-state index contributed by atoms with van der Waals surface area (Å²) in [4.78, 5) is 0. The van der Waals surface area contributed by atoms with Gasteiger partial charge in [-0.25, -0.2) is 8.42 Å². The van der Waals surface area contributed by atoms with E-state index in [1.54, 1.807) is 0 Å². The quantitative estimate of drug-likeness (QED) is 0.445. The molecule has 0 aliphatic carbocycles. The topological polar surface area (TPSA) is 57.2 Å². The molecule has 0 aromatic heterocycles. The molecule has 0 atom stereocenters. The van der Waals surface area contributed by atoms with Gasteiger partial charge in [-0.05, 0) is 18.4 Å². The first-order chi connectivity index (χ1) is 6.08. The summed E-state index contributed by atoms with van der Waals surface area (Å²) in [6, 6.07) is 9.50. The fourth-order valence-corrected chi connectivity index (χ4v) is 1.60. The predicted octanol–water partition coefficient (Wildman–Crippen LogP) is -1.83. The van der Waals surface area contributed by atoms with Gasteiger partial charge in [-0.3, -0.25) is 0 Å². The van der Waals surface area contributed by atoms with E-state index in [0.29, 0.717) is 12.8 Å². The first-order valence-electron chi connectivity index (χ1n) is 4.05. The van der Waals surface area contributed by atoms with E-state index >= 15 is 0 Å². The van der Waals surface area contributed by atoms with Gasteiger partial charge in [-0.15, -0.1) is 0 Å². The molecule has 72 valence electrons. The van der Waals surface area contributed by atoms with E-state index in [9.17, 15) is 13.0 Å². The summed E-state index contributed by atoms with van der Waals surface area (Å²) in [6.07, 6.45) is 1.04. The molecular formula is C9H11NaO3S. The summed E-state index contributed by atoms with van der Waals surface area (Å²) in [5.41, 5.74) is 1.06. The van der Waals surface area contributed by atoms with Gasteiger partial charge in [0.2, 0.25) is 0 Å². The average molecular weight is 222 g/mol. The fourth-order valence-electron chi connectivity index (χ4n) is 1.10. The van der Waals surface area contributed by atoms with Gasteiger partial charge in [0.15, 0.2) is 0 Å². The SMILES string of the molecule is O=S(=O)([O-])CCCc1ccccc1.[Na+]. The van der Waals surface area contributed by atoms with Crippen molar-refractivity contribution in [2.45, 2.75) is 12.8 Å². The van der Waals surface area contributed by atoms with Crippen molar-refractivity contribution >= 4 is 10.1 Å². The molecule has 0 fully saturated rings. The van der Waals surface area contributed by atoms with Gasteiger partial charge in [0.1, 0.15) is 0 Å². The molecule has 0 spiro atoms. The standard InChI is InChI=1S/C9H12O3S.Na/c10-13(11,12)8-4-7-9-5-2-1-3-6-9;/h1-3,5-6H,4,7-8H2,(H,10,11,12);/q;+1/p-1. The van der Waals surface area contributed by atoms with Crippen LogP contribution in [-0.2, 0) is 16.5 Å². The van der Waals surface area contributed by atoms with Gasteiger partial charge >= 0.3 is 29.6 Å². The Labute approximate surface area is 107 Å². The second-order valence-corrected chi connectivity index (χ2v) is 4.37. The second kappa shape index (κ2) is 6.58. The van der Waals surface area contributed by atoms with Crippen LogP contribution < -0.4 is 29.6 Å². The molecule has 0 unspecified atom stereocenters. The summed E-state index contributed by atoms with van der Waals surface area (Å²) in [5.74, 6) is -0.276. The van der Waals surface area contributed by atoms with Crippen LogP contribution in [0.25, 0.3) is 0 Å². The Morgan fingerprint density at radius 2 is 1.71 bits per heavy atom. The van der Waals surface area contributed by atoms with Crippen LogP contribution in [0.3, 0.4) is 0 Å². The molecule has 0 aliphatic heterocycles. The molecule has 3 nitrogen and oxygen atoms in total. The van der Waals surface area contributed by atoms with Gasteiger partial charge in [-0.2, -0.15) is 0 Å². The number of hydrogen-bond acceptors (Lipinski definition) is 3. The maximum atomic E-state index is 10.3. The Morgan fingerprint density at radius 1 is 1.14 bits per heavy atom.